The van der Waals surface area contributed by atoms with Crippen molar-refractivity contribution in [2.75, 3.05) is 11.6 Å². The Kier molecular flexibility index (Phi) is 9.87. The molecule has 3 aromatic heterocycles. The van der Waals surface area contributed by atoms with E-state index < -0.39 is 5.97 Å². The third kappa shape index (κ3) is 7.25. The molecule has 0 amide bonds. The van der Waals surface area contributed by atoms with Crippen molar-refractivity contribution < 1.29 is 19.1 Å². The predicted molar refractivity (Wildman–Crippen MR) is 201 cm³/mol. The summed E-state index contributed by atoms with van der Waals surface area (Å²) in [5.74, 6) is 0.219. The molecule has 0 saturated heterocycles. The Balaban J connectivity index is 1.15. The lowest BCUT2D eigenvalue weighted by atomic mass is 10.0. The minimum Gasteiger partial charge on any atom is -0.494 e. The number of thiophene rings is 2. The van der Waals surface area contributed by atoms with Crippen LogP contribution in [0.2, 0.25) is 0 Å². The highest BCUT2D eigenvalue weighted by atomic mass is 32.1. The topological polar surface area (TPSA) is 112 Å². The second-order valence-corrected chi connectivity index (χ2v) is 14.2. The largest absolute Gasteiger partial charge is 0.494 e. The van der Waals surface area contributed by atoms with Gasteiger partial charge in [-0.15, -0.1) is 22.7 Å². The number of aliphatic carboxylic acids is 1. The maximum Gasteiger partial charge on any atom is 0.346 e. The first-order valence-corrected chi connectivity index (χ1v) is 18.2. The maximum atomic E-state index is 11.3. The number of ether oxygens (including phenoxy) is 1. The summed E-state index contributed by atoms with van der Waals surface area (Å²) in [6.45, 7) is 2.93. The molecular formula is C40H34N4O4S2. The van der Waals surface area contributed by atoms with Gasteiger partial charge in [-0.2, -0.15) is 10.4 Å². The van der Waals surface area contributed by atoms with Gasteiger partial charge in [-0.1, -0.05) is 50.5 Å². The van der Waals surface area contributed by atoms with Crippen LogP contribution in [-0.4, -0.2) is 28.4 Å². The summed E-state index contributed by atoms with van der Waals surface area (Å²) >= 11 is 3.10. The summed E-state index contributed by atoms with van der Waals surface area (Å²) in [7, 11) is 0. The first kappa shape index (κ1) is 33.0. The lowest BCUT2D eigenvalue weighted by molar-refractivity contribution is -0.132. The highest BCUT2D eigenvalue weighted by molar-refractivity contribution is 7.23. The lowest BCUT2D eigenvalue weighted by Gasteiger charge is -2.24. The van der Waals surface area contributed by atoms with Crippen LogP contribution in [0.3, 0.4) is 0 Å². The molecule has 0 spiro atoms. The molecule has 0 bridgehead atoms. The summed E-state index contributed by atoms with van der Waals surface area (Å²) in [5.41, 5.74) is 5.27. The van der Waals surface area contributed by atoms with Gasteiger partial charge in [0.15, 0.2) is 5.58 Å². The van der Waals surface area contributed by atoms with Gasteiger partial charge in [0.1, 0.15) is 22.9 Å². The number of aromatic nitrogens is 1. The second-order valence-electron chi connectivity index (χ2n) is 12.0. The van der Waals surface area contributed by atoms with E-state index in [1.165, 1.54) is 36.7 Å². The van der Waals surface area contributed by atoms with Crippen LogP contribution in [0.5, 0.6) is 5.75 Å². The molecule has 4 heterocycles. The zero-order chi connectivity index (χ0) is 34.5. The smallest absolute Gasteiger partial charge is 0.346 e. The highest BCUT2D eigenvalue weighted by Crippen LogP contribution is 2.41. The van der Waals surface area contributed by atoms with Gasteiger partial charge in [0.2, 0.25) is 5.89 Å². The van der Waals surface area contributed by atoms with Crippen molar-refractivity contribution in [3.05, 3.63) is 118 Å². The molecular weight excluding hydrogens is 665 g/mol. The van der Waals surface area contributed by atoms with E-state index in [1.807, 2.05) is 48.5 Å². The summed E-state index contributed by atoms with van der Waals surface area (Å²) in [6, 6.07) is 34.0. The van der Waals surface area contributed by atoms with Gasteiger partial charge in [-0.25, -0.2) is 9.78 Å². The van der Waals surface area contributed by atoms with Gasteiger partial charge < -0.3 is 14.3 Å². The number of benzene rings is 3. The number of carboxylic acids is 1. The standard InChI is InChI=1S/C40H34N4O4S2/c1-2-3-4-7-22-47-30-16-12-26(13-17-30)34-24-33(36-20-21-38(50-36)37-19-18-31(49-37)23-28(25-41)40(45)46)43-44(34)29-14-10-27(11-15-29)39-42-32-8-5-6-9-35(32)48-39/h5-6,8-21,23,34H,2-4,7,22,24H2,1H3,(H,45,46)/b28-23-. The summed E-state index contributed by atoms with van der Waals surface area (Å²) in [5, 5.41) is 25.7. The molecule has 7 rings (SSSR count). The molecule has 0 saturated carbocycles. The molecule has 10 heteroatoms. The molecule has 0 aliphatic carbocycles. The van der Waals surface area contributed by atoms with E-state index in [4.69, 9.17) is 19.5 Å². The number of fused-ring (bicyclic) bond motifs is 1. The monoisotopic (exact) mass is 698 g/mol. The Morgan fingerprint density at radius 3 is 2.48 bits per heavy atom. The Hall–Kier alpha value is -5.50. The second kappa shape index (κ2) is 14.9. The van der Waals surface area contributed by atoms with Crippen LogP contribution in [-0.2, 0) is 4.79 Å². The SMILES string of the molecule is CCCCCCOc1ccc(C2CC(c3ccc(-c4ccc(/C=C(/C#N)C(=O)O)s4)s3)=NN2c2ccc(-c3nc4ccccc4o3)cc2)cc1. The van der Waals surface area contributed by atoms with E-state index in [1.54, 1.807) is 17.4 Å². The molecule has 0 radical (unpaired) electrons. The number of carbonyl (C=O) groups is 1. The molecule has 1 aliphatic rings. The first-order valence-electron chi connectivity index (χ1n) is 16.6. The van der Waals surface area contributed by atoms with Crippen molar-refractivity contribution in [1.29, 1.82) is 5.26 Å². The predicted octanol–water partition coefficient (Wildman–Crippen LogP) is 10.6. The maximum absolute atomic E-state index is 11.3. The Morgan fingerprint density at radius 1 is 0.960 bits per heavy atom. The van der Waals surface area contributed by atoms with Crippen molar-refractivity contribution in [2.24, 2.45) is 5.10 Å². The number of oxazole rings is 1. The van der Waals surface area contributed by atoms with Crippen LogP contribution < -0.4 is 9.75 Å². The fourth-order valence-electron chi connectivity index (χ4n) is 5.89. The van der Waals surface area contributed by atoms with Crippen molar-refractivity contribution in [3.8, 4) is 33.0 Å². The van der Waals surface area contributed by atoms with Crippen LogP contribution in [0.4, 0.5) is 5.69 Å². The average Bonchev–Trinajstić information content (AvgIpc) is 3.96. The Labute approximate surface area is 298 Å². The minimum atomic E-state index is -1.23. The van der Waals surface area contributed by atoms with Crippen LogP contribution in [0, 0.1) is 11.3 Å². The highest BCUT2D eigenvalue weighted by Gasteiger charge is 2.31. The first-order chi connectivity index (χ1) is 24.5. The van der Waals surface area contributed by atoms with Crippen LogP contribution in [0.25, 0.3) is 38.4 Å². The van der Waals surface area contributed by atoms with Gasteiger partial charge in [-0.05, 0) is 90.9 Å². The van der Waals surface area contributed by atoms with Gasteiger partial charge in [0.05, 0.1) is 28.9 Å². The minimum absolute atomic E-state index is 0.0248. The third-order valence-corrected chi connectivity index (χ3v) is 10.9. The average molecular weight is 699 g/mol. The Morgan fingerprint density at radius 2 is 1.72 bits per heavy atom. The summed E-state index contributed by atoms with van der Waals surface area (Å²) in [4.78, 5) is 19.8. The van der Waals surface area contributed by atoms with Crippen molar-refractivity contribution >= 4 is 57.2 Å². The number of hydrogen-bond donors (Lipinski definition) is 1. The molecule has 1 aliphatic heterocycles. The van der Waals surface area contributed by atoms with E-state index in [-0.39, 0.29) is 11.6 Å². The zero-order valence-electron chi connectivity index (χ0n) is 27.4. The van der Waals surface area contributed by atoms with Crippen LogP contribution >= 0.6 is 22.7 Å². The van der Waals surface area contributed by atoms with Gasteiger partial charge in [0, 0.05) is 26.6 Å². The molecule has 250 valence electrons. The number of nitrogens with zero attached hydrogens (tertiary/aromatic N) is 4. The van der Waals surface area contributed by atoms with E-state index in [0.717, 1.165) is 67.0 Å². The number of para-hydroxylation sites is 2. The van der Waals surface area contributed by atoms with Crippen molar-refractivity contribution in [2.45, 2.75) is 45.1 Å². The van der Waals surface area contributed by atoms with E-state index in [9.17, 15) is 9.90 Å². The molecule has 1 N–H and O–H groups in total. The van der Waals surface area contributed by atoms with Gasteiger partial charge >= 0.3 is 5.97 Å². The fraction of sp³-hybridized carbons (Fsp3) is 0.200. The third-order valence-electron chi connectivity index (χ3n) is 8.51. The molecule has 1 atom stereocenters. The number of hydrogen-bond acceptors (Lipinski definition) is 9. The summed E-state index contributed by atoms with van der Waals surface area (Å²) < 4.78 is 12.0. The summed E-state index contributed by atoms with van der Waals surface area (Å²) in [6.07, 6.45) is 6.79. The van der Waals surface area contributed by atoms with Crippen molar-refractivity contribution in [3.63, 3.8) is 0 Å². The van der Waals surface area contributed by atoms with Gasteiger partial charge in [-0.3, -0.25) is 5.01 Å². The molecule has 1 unspecified atom stereocenters. The molecule has 50 heavy (non-hydrogen) atoms. The van der Waals surface area contributed by atoms with E-state index >= 15 is 0 Å². The normalized spacial score (nSPS) is 14.6. The van der Waals surface area contributed by atoms with Crippen LogP contribution in [0.1, 0.15) is 60.4 Å². The molecule has 3 aromatic carbocycles. The molecule has 8 nitrogen and oxygen atoms in total. The van der Waals surface area contributed by atoms with E-state index in [2.05, 4.69) is 65.4 Å². The van der Waals surface area contributed by atoms with Crippen LogP contribution in [0.15, 0.2) is 112 Å². The number of rotatable bonds is 13. The zero-order valence-corrected chi connectivity index (χ0v) is 29.0. The Bertz CT molecular complexity index is 2190. The molecule has 6 aromatic rings. The fourth-order valence-corrected chi connectivity index (χ4v) is 7.93. The lowest BCUT2D eigenvalue weighted by Crippen LogP contribution is -2.18. The number of anilines is 1. The number of carboxylic acid groups (broad SMARTS) is 1. The van der Waals surface area contributed by atoms with E-state index in [0.29, 0.717) is 17.2 Å². The van der Waals surface area contributed by atoms with Crippen molar-refractivity contribution in [1.82, 2.24) is 4.98 Å². The quantitative estimate of drug-likeness (QED) is 0.0726. The number of hydrazone groups is 1. The number of unbranched alkanes of at least 4 members (excludes halogenated alkanes) is 3. The number of nitriles is 1. The van der Waals surface area contributed by atoms with Gasteiger partial charge in [0.25, 0.3) is 0 Å². The molecule has 0 fully saturated rings.